The molecule has 2 heterocycles. The van der Waals surface area contributed by atoms with Gasteiger partial charge in [0.15, 0.2) is 11.3 Å². The average molecular weight is 464 g/mol. The molecule has 0 saturated carbocycles. The molecule has 1 spiro atoms. The summed E-state index contributed by atoms with van der Waals surface area (Å²) in [5.41, 5.74) is 3.22. The normalized spacial score (nSPS) is 20.5. The van der Waals surface area contributed by atoms with Gasteiger partial charge in [0.25, 0.3) is 0 Å². The fraction of sp³-hybridized carbons (Fsp3) is 0.583. The zero-order valence-corrected chi connectivity index (χ0v) is 20.4. The average Bonchev–Trinajstić information content (AvgIpc) is 2.97. The van der Waals surface area contributed by atoms with Gasteiger partial charge in [-0.3, -0.25) is 0 Å². The molecule has 1 aromatic rings. The van der Waals surface area contributed by atoms with Crippen LogP contribution in [0.1, 0.15) is 42.0 Å². The van der Waals surface area contributed by atoms with Gasteiger partial charge in [0.1, 0.15) is 12.2 Å². The summed E-state index contributed by atoms with van der Waals surface area (Å²) in [6.45, 7) is 9.47. The third-order valence-corrected chi connectivity index (χ3v) is 6.27. The van der Waals surface area contributed by atoms with E-state index >= 15 is 0 Å². The van der Waals surface area contributed by atoms with Crippen molar-refractivity contribution < 1.29 is 38.5 Å². The van der Waals surface area contributed by atoms with Gasteiger partial charge in [-0.2, -0.15) is 9.90 Å². The highest BCUT2D eigenvalue weighted by atomic mass is 16.7. The molecule has 1 saturated heterocycles. The monoisotopic (exact) mass is 463 g/mol. The Hall–Kier alpha value is -2.30. The van der Waals surface area contributed by atoms with Gasteiger partial charge < -0.3 is 19.0 Å². The number of rotatable bonds is 8. The Morgan fingerprint density at radius 1 is 1.09 bits per heavy atom. The van der Waals surface area contributed by atoms with Crippen molar-refractivity contribution in [2.75, 3.05) is 47.1 Å². The number of hydroxylamine groups is 4. The summed E-state index contributed by atoms with van der Waals surface area (Å²) < 4.78 is 16.1. The Morgan fingerprint density at radius 2 is 1.73 bits per heavy atom. The van der Waals surface area contributed by atoms with E-state index in [1.54, 1.807) is 21.1 Å². The Bertz CT molecular complexity index is 896. The maximum Gasteiger partial charge on any atom is 0.513 e. The number of amides is 1. The molecule has 1 aromatic carbocycles. The quantitative estimate of drug-likeness (QED) is 0.462. The van der Waals surface area contributed by atoms with E-state index in [0.29, 0.717) is 48.9 Å². The first-order valence-electron chi connectivity index (χ1n) is 11.3. The van der Waals surface area contributed by atoms with E-state index in [2.05, 4.69) is 0 Å². The Labute approximate surface area is 195 Å². The summed E-state index contributed by atoms with van der Waals surface area (Å²) in [5.74, 6) is 0.0514. The van der Waals surface area contributed by atoms with Crippen molar-refractivity contribution in [1.29, 1.82) is 0 Å². The number of ether oxygens (including phenoxy) is 3. The molecule has 2 aliphatic rings. The number of aryl methyl sites for hydroxylation is 3. The van der Waals surface area contributed by atoms with Crippen LogP contribution in [0.4, 0.5) is 4.79 Å². The second-order valence-corrected chi connectivity index (χ2v) is 8.46. The Kier molecular flexibility index (Phi) is 8.25. The highest BCUT2D eigenvalue weighted by Gasteiger charge is 2.62. The zero-order chi connectivity index (χ0) is 24.2. The predicted molar refractivity (Wildman–Crippen MR) is 120 cm³/mol. The summed E-state index contributed by atoms with van der Waals surface area (Å²) in [6.07, 6.45) is 0.167. The third-order valence-electron chi connectivity index (χ3n) is 6.27. The summed E-state index contributed by atoms with van der Waals surface area (Å²) in [4.78, 5) is 37.9. The van der Waals surface area contributed by atoms with Gasteiger partial charge in [0, 0.05) is 38.6 Å². The molecular formula is C24H35N2O7+. The summed E-state index contributed by atoms with van der Waals surface area (Å²) in [5, 5.41) is 2.12. The molecule has 0 aromatic heterocycles. The van der Waals surface area contributed by atoms with E-state index in [1.807, 2.05) is 38.0 Å². The van der Waals surface area contributed by atoms with Gasteiger partial charge in [0.05, 0.1) is 20.3 Å². The van der Waals surface area contributed by atoms with Crippen molar-refractivity contribution in [2.24, 2.45) is 0 Å². The molecule has 1 fully saturated rings. The van der Waals surface area contributed by atoms with Crippen molar-refractivity contribution >= 4 is 17.6 Å². The molecule has 1 unspecified atom stereocenters. The molecule has 0 bridgehead atoms. The number of methoxy groups -OCH3 is 1. The Morgan fingerprint density at radius 3 is 2.27 bits per heavy atom. The fourth-order valence-electron chi connectivity index (χ4n) is 4.89. The molecule has 1 amide bonds. The van der Waals surface area contributed by atoms with E-state index in [1.165, 1.54) is 0 Å². The van der Waals surface area contributed by atoms with Crippen LogP contribution in [0.25, 0.3) is 5.57 Å². The second-order valence-electron chi connectivity index (χ2n) is 8.46. The van der Waals surface area contributed by atoms with E-state index in [-0.39, 0.29) is 19.1 Å². The molecule has 9 nitrogen and oxygen atoms in total. The molecule has 33 heavy (non-hydrogen) atoms. The number of hydrogen-bond donors (Lipinski definition) is 1. The van der Waals surface area contributed by atoms with Crippen molar-refractivity contribution in [3.05, 3.63) is 40.1 Å². The van der Waals surface area contributed by atoms with Crippen molar-refractivity contribution in [3.63, 3.8) is 0 Å². The first kappa shape index (κ1) is 25.3. The minimum Gasteiger partial charge on any atom is -0.434 e. The van der Waals surface area contributed by atoms with Crippen LogP contribution in [0.5, 0.6) is 0 Å². The van der Waals surface area contributed by atoms with E-state index < -0.39 is 11.7 Å². The third kappa shape index (κ3) is 4.97. The predicted octanol–water partition coefficient (Wildman–Crippen LogP) is 1.90. The van der Waals surface area contributed by atoms with E-state index in [4.69, 9.17) is 23.9 Å². The zero-order valence-electron chi connectivity index (χ0n) is 20.4. The number of carbonyl (C=O) groups excluding carboxylic acids is 2. The molecule has 0 aliphatic carbocycles. The number of carbonyl (C=O) groups is 2. The number of quaternary nitrogens is 1. The molecule has 3 rings (SSSR count). The Balaban J connectivity index is 2.18. The lowest BCUT2D eigenvalue weighted by molar-refractivity contribution is -1.06. The lowest BCUT2D eigenvalue weighted by Gasteiger charge is -2.39. The standard InChI is InChI=1S/C24H34N2O7/c1-7-31-23(28)33-21-20(19-17(3)14-16(2)15-18(19)4)22(27)26(32-13-12-29-5)24(21)8-10-25(30-6)11-9-24/h14-15H,7-13H2,1-6H3/p+1. The highest BCUT2D eigenvalue weighted by Crippen LogP contribution is 2.40. The highest BCUT2D eigenvalue weighted by molar-refractivity contribution is 6.19. The lowest BCUT2D eigenvalue weighted by Crippen LogP contribution is -3.20. The molecule has 2 aliphatic heterocycles. The fourth-order valence-corrected chi connectivity index (χ4v) is 4.89. The largest absolute Gasteiger partial charge is 0.513 e. The summed E-state index contributed by atoms with van der Waals surface area (Å²) >= 11 is 0. The van der Waals surface area contributed by atoms with Gasteiger partial charge in [-0.25, -0.2) is 9.59 Å². The van der Waals surface area contributed by atoms with Crippen molar-refractivity contribution in [3.8, 4) is 0 Å². The van der Waals surface area contributed by atoms with Gasteiger partial charge in [0.2, 0.25) is 0 Å². The van der Waals surface area contributed by atoms with Crippen LogP contribution in [0.15, 0.2) is 17.9 Å². The summed E-state index contributed by atoms with van der Waals surface area (Å²) in [7, 11) is 3.20. The first-order valence-corrected chi connectivity index (χ1v) is 11.3. The molecule has 9 heteroatoms. The minimum absolute atomic E-state index is 0.170. The molecule has 182 valence electrons. The second kappa shape index (κ2) is 10.8. The van der Waals surface area contributed by atoms with Crippen LogP contribution in [0, 0.1) is 20.8 Å². The van der Waals surface area contributed by atoms with Crippen LogP contribution < -0.4 is 5.06 Å². The smallest absolute Gasteiger partial charge is 0.434 e. The van der Waals surface area contributed by atoms with Crippen LogP contribution in [-0.2, 0) is 28.7 Å². The van der Waals surface area contributed by atoms with Crippen molar-refractivity contribution in [1.82, 2.24) is 5.06 Å². The number of nitrogens with one attached hydrogen (secondary N) is 1. The lowest BCUT2D eigenvalue weighted by atomic mass is 9.84. The van der Waals surface area contributed by atoms with Crippen molar-refractivity contribution in [2.45, 2.75) is 46.1 Å². The molecule has 0 radical (unpaired) electrons. The first-order chi connectivity index (χ1) is 15.8. The van der Waals surface area contributed by atoms with Crippen LogP contribution in [0.2, 0.25) is 0 Å². The van der Waals surface area contributed by atoms with Gasteiger partial charge in [-0.15, -0.1) is 5.06 Å². The van der Waals surface area contributed by atoms with Crippen LogP contribution >= 0.6 is 0 Å². The number of nitrogens with zero attached hydrogens (tertiary/aromatic N) is 1. The number of benzene rings is 1. The molecule has 1 atom stereocenters. The van der Waals surface area contributed by atoms with Gasteiger partial charge in [-0.1, -0.05) is 17.7 Å². The minimum atomic E-state index is -0.883. The van der Waals surface area contributed by atoms with Gasteiger partial charge >= 0.3 is 12.1 Å². The van der Waals surface area contributed by atoms with Gasteiger partial charge in [-0.05, 0) is 38.8 Å². The number of hydrogen-bond acceptors (Lipinski definition) is 8. The van der Waals surface area contributed by atoms with E-state index in [0.717, 1.165) is 22.3 Å². The van der Waals surface area contributed by atoms with E-state index in [9.17, 15) is 9.59 Å². The molecule has 1 N–H and O–H groups in total. The molecular weight excluding hydrogens is 428 g/mol. The number of piperidine rings is 1. The maximum absolute atomic E-state index is 13.9. The maximum atomic E-state index is 13.9. The van der Waals surface area contributed by atoms with Crippen LogP contribution in [0.3, 0.4) is 0 Å². The van der Waals surface area contributed by atoms with Crippen LogP contribution in [-0.4, -0.2) is 69.8 Å². The summed E-state index contributed by atoms with van der Waals surface area (Å²) in [6, 6.07) is 4.04. The SMILES string of the molecule is CCOC(=O)OC1=C(c2c(C)cc(C)cc2C)C(=O)[NH+](OCCOC)C12CCN(OC)CC2. The topological polar surface area (TPSA) is 88.0 Å².